The highest BCUT2D eigenvalue weighted by atomic mass is 19.4. The van der Waals surface area contributed by atoms with Crippen LogP contribution in [0.4, 0.5) is 27.6 Å². The first-order valence-electron chi connectivity index (χ1n) is 7.95. The minimum atomic E-state index is -4.57. The van der Waals surface area contributed by atoms with Crippen molar-refractivity contribution < 1.29 is 26.9 Å². The lowest BCUT2D eigenvalue weighted by Gasteiger charge is -2.24. The number of nitro groups is 1. The number of rotatable bonds is 6. The molecule has 0 saturated carbocycles. The van der Waals surface area contributed by atoms with Crippen molar-refractivity contribution in [2.45, 2.75) is 19.4 Å². The van der Waals surface area contributed by atoms with Crippen molar-refractivity contribution in [1.82, 2.24) is 14.5 Å². The van der Waals surface area contributed by atoms with Crippen LogP contribution in [0.5, 0.6) is 0 Å². The van der Waals surface area contributed by atoms with E-state index in [4.69, 9.17) is 0 Å². The van der Waals surface area contributed by atoms with Crippen molar-refractivity contribution in [3.63, 3.8) is 0 Å². The largest absolute Gasteiger partial charge is 0.401 e. The highest BCUT2D eigenvalue weighted by molar-refractivity contribution is 5.75. The molecule has 0 bridgehead atoms. The fraction of sp³-hybridized carbons (Fsp3) is 0.235. The van der Waals surface area contributed by atoms with Crippen molar-refractivity contribution in [2.75, 3.05) is 6.54 Å². The summed E-state index contributed by atoms with van der Waals surface area (Å²) in [6, 6.07) is 7.15. The van der Waals surface area contributed by atoms with Crippen LogP contribution in [0.25, 0.3) is 11.0 Å². The molecule has 6 nitrogen and oxygen atoms in total. The van der Waals surface area contributed by atoms with Gasteiger partial charge in [-0.3, -0.25) is 15.0 Å². The Morgan fingerprint density at radius 1 is 1.14 bits per heavy atom. The van der Waals surface area contributed by atoms with Gasteiger partial charge in [-0.05, 0) is 0 Å². The van der Waals surface area contributed by atoms with Gasteiger partial charge >= 0.3 is 6.18 Å². The number of hydrogen-bond acceptors (Lipinski definition) is 4. The summed E-state index contributed by atoms with van der Waals surface area (Å²) in [7, 11) is 0. The number of hydrogen-bond donors (Lipinski definition) is 0. The Bertz CT molecular complexity index is 1020. The molecule has 0 N–H and O–H groups in total. The van der Waals surface area contributed by atoms with Gasteiger partial charge in [0.05, 0.1) is 35.5 Å². The Hall–Kier alpha value is -3.08. The van der Waals surface area contributed by atoms with Gasteiger partial charge in [-0.25, -0.2) is 13.8 Å². The molecular formula is C17H13F5N4O2. The molecule has 0 spiro atoms. The topological polar surface area (TPSA) is 64.2 Å². The Kier molecular flexibility index (Phi) is 5.27. The van der Waals surface area contributed by atoms with Crippen LogP contribution in [0.2, 0.25) is 0 Å². The lowest BCUT2D eigenvalue weighted by Crippen LogP contribution is -2.35. The van der Waals surface area contributed by atoms with Crippen molar-refractivity contribution >= 4 is 16.7 Å². The van der Waals surface area contributed by atoms with Crippen molar-refractivity contribution in [3.8, 4) is 0 Å². The second-order valence-corrected chi connectivity index (χ2v) is 6.10. The second kappa shape index (κ2) is 7.50. The molecular weight excluding hydrogens is 387 g/mol. The Labute approximate surface area is 155 Å². The third-order valence-electron chi connectivity index (χ3n) is 4.00. The molecule has 11 heteroatoms. The van der Waals surface area contributed by atoms with Gasteiger partial charge in [-0.15, -0.1) is 0 Å². The number of fused-ring (bicyclic) bond motifs is 1. The molecule has 2 aromatic carbocycles. The number of halogens is 5. The number of aromatic nitrogens is 2. The van der Waals surface area contributed by atoms with E-state index in [1.54, 1.807) is 0 Å². The maximum absolute atomic E-state index is 13.5. The average Bonchev–Trinajstić information content (AvgIpc) is 2.96. The monoisotopic (exact) mass is 400 g/mol. The van der Waals surface area contributed by atoms with Gasteiger partial charge in [0.25, 0.3) is 5.69 Å². The summed E-state index contributed by atoms with van der Waals surface area (Å²) in [6.07, 6.45) is -3.41. The molecule has 0 radical (unpaired) electrons. The maximum Gasteiger partial charge on any atom is 0.401 e. The predicted molar refractivity (Wildman–Crippen MR) is 89.2 cm³/mol. The normalized spacial score (nSPS) is 12.1. The lowest BCUT2D eigenvalue weighted by atomic mass is 10.1. The van der Waals surface area contributed by atoms with Crippen LogP contribution < -0.4 is 0 Å². The van der Waals surface area contributed by atoms with Crippen molar-refractivity contribution in [2.24, 2.45) is 0 Å². The first-order valence-corrected chi connectivity index (χ1v) is 7.95. The number of nitrogens with zero attached hydrogens (tertiary/aromatic N) is 4. The summed E-state index contributed by atoms with van der Waals surface area (Å²) in [4.78, 5) is 15.2. The molecule has 3 aromatic rings. The van der Waals surface area contributed by atoms with E-state index in [9.17, 15) is 32.1 Å². The Morgan fingerprint density at radius 3 is 2.50 bits per heavy atom. The van der Waals surface area contributed by atoms with Crippen LogP contribution in [0.15, 0.2) is 42.7 Å². The highest BCUT2D eigenvalue weighted by Gasteiger charge is 2.32. The Balaban J connectivity index is 1.94. The zero-order valence-corrected chi connectivity index (χ0v) is 14.2. The molecule has 0 fully saturated rings. The van der Waals surface area contributed by atoms with Gasteiger partial charge in [0.1, 0.15) is 0 Å². The molecule has 0 saturated heterocycles. The molecule has 0 aliphatic carbocycles. The molecule has 1 aromatic heterocycles. The number of benzene rings is 2. The third-order valence-corrected chi connectivity index (χ3v) is 4.00. The van der Waals surface area contributed by atoms with Gasteiger partial charge in [0.15, 0.2) is 11.6 Å². The van der Waals surface area contributed by atoms with E-state index < -0.39 is 29.3 Å². The molecule has 0 aliphatic rings. The molecule has 0 amide bonds. The highest BCUT2D eigenvalue weighted by Crippen LogP contribution is 2.24. The molecule has 0 unspecified atom stereocenters. The predicted octanol–water partition coefficient (Wildman–Crippen LogP) is 4.24. The molecule has 0 aliphatic heterocycles. The van der Waals surface area contributed by atoms with Crippen molar-refractivity contribution in [1.29, 1.82) is 0 Å². The summed E-state index contributed by atoms with van der Waals surface area (Å²) >= 11 is 0. The second-order valence-electron chi connectivity index (χ2n) is 6.10. The summed E-state index contributed by atoms with van der Waals surface area (Å²) in [6.45, 7) is -2.12. The fourth-order valence-electron chi connectivity index (χ4n) is 2.85. The van der Waals surface area contributed by atoms with E-state index in [2.05, 4.69) is 4.98 Å². The van der Waals surface area contributed by atoms with Crippen LogP contribution in [0, 0.1) is 21.7 Å². The van der Waals surface area contributed by atoms with Gasteiger partial charge in [-0.1, -0.05) is 18.2 Å². The molecule has 3 rings (SSSR count). The number of nitro benzene ring substituents is 1. The first kappa shape index (κ1) is 19.7. The van der Waals surface area contributed by atoms with Crippen LogP contribution in [0.3, 0.4) is 0 Å². The number of imidazole rings is 1. The van der Waals surface area contributed by atoms with E-state index in [0.717, 1.165) is 23.4 Å². The van der Waals surface area contributed by atoms with Crippen LogP contribution in [-0.2, 0) is 13.2 Å². The van der Waals surface area contributed by atoms with E-state index in [1.165, 1.54) is 28.8 Å². The number of alkyl halides is 3. The van der Waals surface area contributed by atoms with Gasteiger partial charge < -0.3 is 4.57 Å². The molecule has 0 atom stereocenters. The molecule has 28 heavy (non-hydrogen) atoms. The van der Waals surface area contributed by atoms with E-state index in [-0.39, 0.29) is 35.5 Å². The summed E-state index contributed by atoms with van der Waals surface area (Å²) < 4.78 is 67.1. The zero-order chi connectivity index (χ0) is 20.5. The van der Waals surface area contributed by atoms with Gasteiger partial charge in [0.2, 0.25) is 0 Å². The fourth-order valence-corrected chi connectivity index (χ4v) is 2.85. The molecule has 1 heterocycles. The van der Waals surface area contributed by atoms with E-state index in [0.29, 0.717) is 0 Å². The summed E-state index contributed by atoms with van der Waals surface area (Å²) in [5.41, 5.74) is -0.0261. The SMILES string of the molecule is O=[N+]([O-])c1ccccc1CN(Cn1cnc2cc(F)c(F)cc21)CC(F)(F)F. The standard InChI is InChI=1S/C17H13F5N4O2/c18-12-5-14-16(6-13(12)19)25(9-23-14)10-24(8-17(20,21)22)7-11-3-1-2-4-15(11)26(27)28/h1-6,9H,7-8,10H2. The van der Waals surface area contributed by atoms with Gasteiger partial charge in [-0.2, -0.15) is 13.2 Å². The van der Waals surface area contributed by atoms with E-state index >= 15 is 0 Å². The van der Waals surface area contributed by atoms with Crippen molar-refractivity contribution in [3.05, 3.63) is 70.0 Å². The van der Waals surface area contributed by atoms with Crippen LogP contribution in [0.1, 0.15) is 5.56 Å². The lowest BCUT2D eigenvalue weighted by molar-refractivity contribution is -0.385. The minimum absolute atomic E-state index is 0.0801. The van der Waals surface area contributed by atoms with Crippen LogP contribution >= 0.6 is 0 Å². The summed E-state index contributed by atoms with van der Waals surface area (Å²) in [5.74, 6) is -2.28. The first-order chi connectivity index (χ1) is 13.1. The molecule has 148 valence electrons. The third kappa shape index (κ3) is 4.42. The van der Waals surface area contributed by atoms with Crippen LogP contribution in [-0.4, -0.2) is 32.1 Å². The quantitative estimate of drug-likeness (QED) is 0.353. The minimum Gasteiger partial charge on any atom is -0.317 e. The zero-order valence-electron chi connectivity index (χ0n) is 14.2. The smallest absolute Gasteiger partial charge is 0.317 e. The van der Waals surface area contributed by atoms with Gasteiger partial charge in [0, 0.05) is 30.3 Å². The number of para-hydroxylation sites is 1. The van der Waals surface area contributed by atoms with E-state index in [1.807, 2.05) is 0 Å². The summed E-state index contributed by atoms with van der Waals surface area (Å²) in [5, 5.41) is 11.1. The average molecular weight is 400 g/mol. The Morgan fingerprint density at radius 2 is 1.82 bits per heavy atom. The maximum atomic E-state index is 13.5.